The predicted octanol–water partition coefficient (Wildman–Crippen LogP) is -3.86. The Morgan fingerprint density at radius 1 is 0.800 bits per heavy atom. The Balaban J connectivity index is -0.0000000300. The molecule has 10 heteroatoms. The summed E-state index contributed by atoms with van der Waals surface area (Å²) in [6.07, 6.45) is 0. The maximum absolute atomic E-state index is 8.25. The van der Waals surface area contributed by atoms with Gasteiger partial charge in [-0.1, -0.05) is 0 Å². The van der Waals surface area contributed by atoms with Crippen LogP contribution in [-0.4, -0.2) is 47.9 Å². The van der Waals surface area contributed by atoms with Crippen molar-refractivity contribution in [3.63, 3.8) is 0 Å². The van der Waals surface area contributed by atoms with Crippen molar-refractivity contribution in [3.8, 4) is 0 Å². The van der Waals surface area contributed by atoms with Gasteiger partial charge in [-0.25, -0.2) is 0 Å². The second-order valence-electron chi connectivity index (χ2n) is 0.447. The van der Waals surface area contributed by atoms with Crippen LogP contribution in [0.2, 0.25) is 0 Å². The molecule has 0 rings (SSSR count). The van der Waals surface area contributed by atoms with Crippen LogP contribution in [0.3, 0.4) is 0 Å². The first kappa shape index (κ1) is 22.5. The molecule has 0 aromatic carbocycles. The van der Waals surface area contributed by atoms with Gasteiger partial charge >= 0.3 is 56.6 Å². The third-order valence-corrected chi connectivity index (χ3v) is 0. The molecule has 0 radical (unpaired) electrons. The van der Waals surface area contributed by atoms with Crippen molar-refractivity contribution >= 4 is 37.7 Å². The molecule has 0 unspecified atom stereocenters. The molecule has 0 aromatic rings. The van der Waals surface area contributed by atoms with Crippen molar-refractivity contribution in [3.05, 3.63) is 30.6 Å². The number of nitrogens with zero attached hydrogens (tertiary/aromatic N) is 2. The quantitative estimate of drug-likeness (QED) is 0.208. The van der Waals surface area contributed by atoms with Crippen LogP contribution in [0.1, 0.15) is 0 Å². The third kappa shape index (κ3) is 6580. The average Bonchev–Trinajstić information content (AvgIpc) is 1.25. The fourth-order valence-electron chi connectivity index (χ4n) is 0. The van der Waals surface area contributed by atoms with Crippen LogP contribution in [0.25, 0.3) is 0 Å². The summed E-state index contributed by atoms with van der Waals surface area (Å²) in [7, 11) is 0. The van der Waals surface area contributed by atoms with Gasteiger partial charge in [0.1, 0.15) is 0 Å². The van der Waals surface area contributed by atoms with Gasteiger partial charge in [0.05, 0.1) is 10.2 Å². The van der Waals surface area contributed by atoms with E-state index in [0.717, 1.165) is 0 Å². The van der Waals surface area contributed by atoms with E-state index in [1.807, 2.05) is 0 Å². The Hall–Kier alpha value is 0.257. The minimum absolute atomic E-state index is 0. The minimum atomic E-state index is -1.75. The van der Waals surface area contributed by atoms with Crippen molar-refractivity contribution in [2.45, 2.75) is 0 Å². The molecule has 0 spiro atoms. The van der Waals surface area contributed by atoms with Crippen LogP contribution in [0.5, 0.6) is 0 Å². The predicted molar refractivity (Wildman–Crippen MR) is 26.5 cm³/mol. The molecule has 0 aromatic heterocycles. The van der Waals surface area contributed by atoms with Crippen molar-refractivity contribution in [1.29, 1.82) is 0 Å². The van der Waals surface area contributed by atoms with Crippen molar-refractivity contribution in [2.24, 2.45) is 0 Å². The van der Waals surface area contributed by atoms with Gasteiger partial charge in [0, 0.05) is 0 Å². The smallest absolute Gasteiger partial charge is 0.356 e. The normalized spacial score (nSPS) is 4.80. The van der Waals surface area contributed by atoms with E-state index in [1.165, 1.54) is 0 Å². The molecule has 0 heterocycles. The van der Waals surface area contributed by atoms with E-state index in [2.05, 4.69) is 0 Å². The molecular weight excluding hydrogens is 171 g/mol. The fraction of sp³-hybridized carbons (Fsp3) is 0. The van der Waals surface area contributed by atoms with Crippen LogP contribution in [0, 0.1) is 30.6 Å². The van der Waals surface area contributed by atoms with Gasteiger partial charge in [-0.2, -0.15) is 0 Å². The molecular formula is CaLiN2O6+. The number of rotatable bonds is 0. The van der Waals surface area contributed by atoms with E-state index in [1.54, 1.807) is 0 Å². The van der Waals surface area contributed by atoms with E-state index in [-0.39, 0.29) is 56.6 Å². The summed E-state index contributed by atoms with van der Waals surface area (Å²) < 4.78 is 0. The summed E-state index contributed by atoms with van der Waals surface area (Å²) >= 11 is 0. The van der Waals surface area contributed by atoms with E-state index in [4.69, 9.17) is 30.6 Å². The summed E-state index contributed by atoms with van der Waals surface area (Å²) in [5.41, 5.74) is 0. The summed E-state index contributed by atoms with van der Waals surface area (Å²) in [5, 5.41) is 29.5. The number of hydrogen-bond donors (Lipinski definition) is 0. The van der Waals surface area contributed by atoms with Gasteiger partial charge < -0.3 is 30.6 Å². The first-order valence-corrected chi connectivity index (χ1v) is 1.10. The average molecular weight is 171 g/mol. The van der Waals surface area contributed by atoms with E-state index >= 15 is 0 Å². The molecule has 48 valence electrons. The molecule has 0 amide bonds. The molecule has 0 bridgehead atoms. The van der Waals surface area contributed by atoms with Crippen LogP contribution >= 0.6 is 0 Å². The standard InChI is InChI=1S/Ca.Li.2NO3/c;;2*2-1(3)4/q+2;+1;2*-1. The van der Waals surface area contributed by atoms with Gasteiger partial charge in [-0.05, 0) is 0 Å². The molecule has 0 aliphatic rings. The van der Waals surface area contributed by atoms with Gasteiger partial charge in [-0.3, -0.25) is 0 Å². The fourth-order valence-corrected chi connectivity index (χ4v) is 0. The number of hydrogen-bond acceptors (Lipinski definition) is 6. The largest absolute Gasteiger partial charge is 2.00 e. The zero-order chi connectivity index (χ0) is 7.15. The molecule has 0 fully saturated rings. The second kappa shape index (κ2) is 16.1. The zero-order valence-corrected chi connectivity index (χ0v) is 7.26. The molecule has 0 saturated carbocycles. The monoisotopic (exact) mass is 171 g/mol. The van der Waals surface area contributed by atoms with E-state index in [0.29, 0.717) is 0 Å². The van der Waals surface area contributed by atoms with Gasteiger partial charge in [0.2, 0.25) is 0 Å². The summed E-state index contributed by atoms with van der Waals surface area (Å²) in [5.74, 6) is 0. The van der Waals surface area contributed by atoms with Gasteiger partial charge in [-0.15, -0.1) is 0 Å². The van der Waals surface area contributed by atoms with Crippen LogP contribution in [0.15, 0.2) is 0 Å². The van der Waals surface area contributed by atoms with Crippen LogP contribution < -0.4 is 18.9 Å². The molecule has 0 atom stereocenters. The Morgan fingerprint density at radius 2 is 0.800 bits per heavy atom. The van der Waals surface area contributed by atoms with Crippen LogP contribution in [-0.2, 0) is 0 Å². The Morgan fingerprint density at radius 3 is 0.800 bits per heavy atom. The van der Waals surface area contributed by atoms with Gasteiger partial charge in [0.15, 0.2) is 0 Å². The summed E-state index contributed by atoms with van der Waals surface area (Å²) in [6.45, 7) is 0. The first-order chi connectivity index (χ1) is 3.46. The molecule has 0 saturated heterocycles. The second-order valence-corrected chi connectivity index (χ2v) is 0.447. The van der Waals surface area contributed by atoms with Crippen molar-refractivity contribution in [1.82, 2.24) is 0 Å². The van der Waals surface area contributed by atoms with Crippen LogP contribution in [0.4, 0.5) is 0 Å². The van der Waals surface area contributed by atoms with Crippen molar-refractivity contribution in [2.75, 3.05) is 0 Å². The maximum atomic E-state index is 8.25. The minimum Gasteiger partial charge on any atom is -0.356 e. The molecule has 10 heavy (non-hydrogen) atoms. The molecule has 0 aliphatic carbocycles. The summed E-state index contributed by atoms with van der Waals surface area (Å²) in [6, 6.07) is 0. The van der Waals surface area contributed by atoms with Crippen molar-refractivity contribution < 1.29 is 29.0 Å². The topological polar surface area (TPSA) is 132 Å². The Bertz CT molecular complexity index is 73.7. The zero-order valence-electron chi connectivity index (χ0n) is 5.05. The molecule has 8 nitrogen and oxygen atoms in total. The van der Waals surface area contributed by atoms with Gasteiger partial charge in [0.25, 0.3) is 0 Å². The Kier molecular flexibility index (Phi) is 36.2. The molecule has 0 N–H and O–H groups in total. The first-order valence-electron chi connectivity index (χ1n) is 1.10. The Labute approximate surface area is 96.6 Å². The SMILES string of the molecule is O=[N+]([O-])[O-].O=[N+]([O-])[O-].[Ca+2].[Li+]. The molecule has 0 aliphatic heterocycles. The summed E-state index contributed by atoms with van der Waals surface area (Å²) in [4.78, 5) is 16.5. The third-order valence-electron chi connectivity index (χ3n) is 0. The maximum Gasteiger partial charge on any atom is 2.00 e. The van der Waals surface area contributed by atoms with E-state index in [9.17, 15) is 0 Å². The van der Waals surface area contributed by atoms with E-state index < -0.39 is 10.2 Å².